The van der Waals surface area contributed by atoms with Crippen LogP contribution in [0, 0.1) is 0 Å². The summed E-state index contributed by atoms with van der Waals surface area (Å²) >= 11 is 7.54. The quantitative estimate of drug-likeness (QED) is 0.558. The van der Waals surface area contributed by atoms with Gasteiger partial charge in [0.15, 0.2) is 0 Å². The number of benzene rings is 2. The molecule has 2 rings (SSSR count). The Hall–Kier alpha value is -0.920. The van der Waals surface area contributed by atoms with Crippen molar-refractivity contribution < 1.29 is 18.3 Å². The summed E-state index contributed by atoms with van der Waals surface area (Å²) in [6.45, 7) is 1.72. The van der Waals surface area contributed by atoms with Crippen molar-refractivity contribution in [2.45, 2.75) is 47.7 Å². The maximum absolute atomic E-state index is 12.8. The number of hydrogen-bond acceptors (Lipinski definition) is 3. The summed E-state index contributed by atoms with van der Waals surface area (Å²) in [5.41, 5.74) is 5.58. The lowest BCUT2D eigenvalue weighted by atomic mass is 9.95. The van der Waals surface area contributed by atoms with Crippen LogP contribution < -0.4 is 5.73 Å². The zero-order chi connectivity index (χ0) is 19.4. The summed E-state index contributed by atoms with van der Waals surface area (Å²) in [5.74, 6) is 0. The first-order chi connectivity index (χ1) is 12.1. The molecule has 3 N–H and O–H groups in total. The van der Waals surface area contributed by atoms with Crippen LogP contribution >= 0.6 is 35.8 Å². The molecule has 150 valence electrons. The monoisotopic (exact) mass is 439 g/mol. The highest BCUT2D eigenvalue weighted by atomic mass is 35.5. The van der Waals surface area contributed by atoms with E-state index in [-0.39, 0.29) is 19.0 Å². The molecular formula is C19H22Cl2F3NOS. The van der Waals surface area contributed by atoms with E-state index in [1.165, 1.54) is 17.8 Å². The lowest BCUT2D eigenvalue weighted by molar-refractivity contribution is -0.137. The molecule has 0 saturated heterocycles. The topological polar surface area (TPSA) is 46.2 Å². The van der Waals surface area contributed by atoms with Crippen molar-refractivity contribution in [3.63, 3.8) is 0 Å². The van der Waals surface area contributed by atoms with E-state index in [9.17, 15) is 13.2 Å². The van der Waals surface area contributed by atoms with Gasteiger partial charge in [0, 0.05) is 20.4 Å². The molecule has 0 radical (unpaired) electrons. The summed E-state index contributed by atoms with van der Waals surface area (Å²) in [7, 11) is 0. The lowest BCUT2D eigenvalue weighted by Crippen LogP contribution is -2.40. The summed E-state index contributed by atoms with van der Waals surface area (Å²) in [5, 5.41) is 9.74. The van der Waals surface area contributed by atoms with Crippen molar-refractivity contribution in [2.24, 2.45) is 5.73 Å². The average molecular weight is 440 g/mol. The first kappa shape index (κ1) is 24.1. The van der Waals surface area contributed by atoms with E-state index in [2.05, 4.69) is 0 Å². The van der Waals surface area contributed by atoms with Crippen LogP contribution in [0.3, 0.4) is 0 Å². The van der Waals surface area contributed by atoms with Crippen LogP contribution in [-0.2, 0) is 12.6 Å². The zero-order valence-electron chi connectivity index (χ0n) is 14.7. The van der Waals surface area contributed by atoms with E-state index in [1.807, 2.05) is 12.1 Å². The number of alkyl halides is 3. The van der Waals surface area contributed by atoms with Gasteiger partial charge in [-0.2, -0.15) is 13.2 Å². The van der Waals surface area contributed by atoms with Gasteiger partial charge >= 0.3 is 6.18 Å². The lowest BCUT2D eigenvalue weighted by Gasteiger charge is -2.21. The third kappa shape index (κ3) is 7.54. The smallest absolute Gasteiger partial charge is 0.394 e. The fourth-order valence-electron chi connectivity index (χ4n) is 2.43. The SMILES string of the molecule is C[C@](N)(CO)CCCc1ccc(Sc2cccc(C(F)(F)F)c2)cc1Cl.Cl. The van der Waals surface area contributed by atoms with Gasteiger partial charge in [0.05, 0.1) is 12.2 Å². The fraction of sp³-hybridized carbons (Fsp3) is 0.368. The molecule has 2 aromatic carbocycles. The molecule has 0 fully saturated rings. The molecule has 0 saturated carbocycles. The average Bonchev–Trinajstić information content (AvgIpc) is 2.56. The van der Waals surface area contributed by atoms with Gasteiger partial charge in [-0.1, -0.05) is 35.5 Å². The molecule has 0 amide bonds. The molecule has 2 nitrogen and oxygen atoms in total. The number of aliphatic hydroxyl groups excluding tert-OH is 1. The number of nitrogens with two attached hydrogens (primary N) is 1. The Morgan fingerprint density at radius 3 is 2.37 bits per heavy atom. The fourth-order valence-corrected chi connectivity index (χ4v) is 3.69. The Morgan fingerprint density at radius 1 is 1.11 bits per heavy atom. The van der Waals surface area contributed by atoms with Gasteiger partial charge in [-0.3, -0.25) is 0 Å². The molecule has 0 aliphatic carbocycles. The minimum Gasteiger partial charge on any atom is -0.394 e. The molecule has 0 aliphatic rings. The minimum absolute atomic E-state index is 0. The third-order valence-corrected chi connectivity index (χ3v) is 5.31. The number of aliphatic hydroxyl groups is 1. The minimum atomic E-state index is -4.36. The summed E-state index contributed by atoms with van der Waals surface area (Å²) in [6.07, 6.45) is -2.18. The Balaban J connectivity index is 0.00000364. The number of aryl methyl sites for hydroxylation is 1. The number of hydrogen-bond donors (Lipinski definition) is 2. The van der Waals surface area contributed by atoms with Crippen LogP contribution in [0.5, 0.6) is 0 Å². The Morgan fingerprint density at radius 2 is 1.78 bits per heavy atom. The molecular weight excluding hydrogens is 418 g/mol. The van der Waals surface area contributed by atoms with Gasteiger partial charge in [-0.25, -0.2) is 0 Å². The van der Waals surface area contributed by atoms with Gasteiger partial charge in [0.1, 0.15) is 0 Å². The van der Waals surface area contributed by atoms with E-state index in [0.29, 0.717) is 16.3 Å². The number of halogens is 5. The van der Waals surface area contributed by atoms with E-state index in [0.717, 1.165) is 35.4 Å². The predicted molar refractivity (Wildman–Crippen MR) is 107 cm³/mol. The third-order valence-electron chi connectivity index (χ3n) is 3.98. The van der Waals surface area contributed by atoms with Gasteiger partial charge < -0.3 is 10.8 Å². The molecule has 0 heterocycles. The molecule has 0 unspecified atom stereocenters. The Labute approximate surface area is 172 Å². The van der Waals surface area contributed by atoms with Crippen molar-refractivity contribution in [3.05, 3.63) is 58.6 Å². The normalized spacial score (nSPS) is 13.7. The van der Waals surface area contributed by atoms with Crippen LogP contribution in [-0.4, -0.2) is 17.3 Å². The molecule has 1 atom stereocenters. The molecule has 0 aromatic heterocycles. The van der Waals surface area contributed by atoms with Gasteiger partial charge in [-0.05, 0) is 62.1 Å². The van der Waals surface area contributed by atoms with E-state index < -0.39 is 17.3 Å². The maximum Gasteiger partial charge on any atom is 0.416 e. The van der Waals surface area contributed by atoms with Crippen molar-refractivity contribution in [2.75, 3.05) is 6.61 Å². The molecule has 0 spiro atoms. The van der Waals surface area contributed by atoms with Crippen LogP contribution in [0.15, 0.2) is 52.3 Å². The van der Waals surface area contributed by atoms with Crippen LogP contribution in [0.1, 0.15) is 30.9 Å². The van der Waals surface area contributed by atoms with E-state index in [4.69, 9.17) is 22.4 Å². The highest BCUT2D eigenvalue weighted by Gasteiger charge is 2.30. The first-order valence-electron chi connectivity index (χ1n) is 8.14. The van der Waals surface area contributed by atoms with Crippen LogP contribution in [0.2, 0.25) is 5.02 Å². The van der Waals surface area contributed by atoms with Crippen molar-refractivity contribution in [1.29, 1.82) is 0 Å². The standard InChI is InChI=1S/C19H21ClF3NOS.ClH/c1-18(24,12-25)9-3-4-13-7-8-16(11-17(13)20)26-15-6-2-5-14(10-15)19(21,22)23;/h2,5-8,10-11,25H,3-4,9,12,24H2,1H3;1H/t18-;/m1./s1. The highest BCUT2D eigenvalue weighted by molar-refractivity contribution is 7.99. The van der Waals surface area contributed by atoms with Crippen molar-refractivity contribution in [1.82, 2.24) is 0 Å². The largest absolute Gasteiger partial charge is 0.416 e. The van der Waals surface area contributed by atoms with E-state index >= 15 is 0 Å². The van der Waals surface area contributed by atoms with Crippen molar-refractivity contribution >= 4 is 35.8 Å². The highest BCUT2D eigenvalue weighted by Crippen LogP contribution is 2.35. The molecule has 8 heteroatoms. The second-order valence-electron chi connectivity index (χ2n) is 6.55. The Kier molecular flexibility index (Phi) is 8.96. The second-order valence-corrected chi connectivity index (χ2v) is 8.10. The molecule has 0 bridgehead atoms. The first-order valence-corrected chi connectivity index (χ1v) is 9.33. The molecule has 2 aromatic rings. The second kappa shape index (κ2) is 10.0. The van der Waals surface area contributed by atoms with Crippen LogP contribution in [0.25, 0.3) is 0 Å². The molecule has 0 aliphatic heterocycles. The number of rotatable bonds is 7. The van der Waals surface area contributed by atoms with Crippen molar-refractivity contribution in [3.8, 4) is 0 Å². The van der Waals surface area contributed by atoms with Gasteiger partial charge in [0.25, 0.3) is 0 Å². The van der Waals surface area contributed by atoms with Gasteiger partial charge in [0.2, 0.25) is 0 Å². The maximum atomic E-state index is 12.8. The zero-order valence-corrected chi connectivity index (χ0v) is 17.1. The van der Waals surface area contributed by atoms with Crippen LogP contribution in [0.4, 0.5) is 13.2 Å². The predicted octanol–water partition coefficient (Wildman–Crippen LogP) is 5.96. The molecule has 27 heavy (non-hydrogen) atoms. The van der Waals surface area contributed by atoms with Gasteiger partial charge in [-0.15, -0.1) is 12.4 Å². The summed E-state index contributed by atoms with van der Waals surface area (Å²) in [6, 6.07) is 10.7. The Bertz CT molecular complexity index is 754. The summed E-state index contributed by atoms with van der Waals surface area (Å²) in [4.78, 5) is 1.28. The van der Waals surface area contributed by atoms with E-state index in [1.54, 1.807) is 19.1 Å². The summed E-state index contributed by atoms with van der Waals surface area (Å²) < 4.78 is 38.4.